The summed E-state index contributed by atoms with van der Waals surface area (Å²) >= 11 is 0. The van der Waals surface area contributed by atoms with Crippen LogP contribution in [0.5, 0.6) is 17.2 Å². The quantitative estimate of drug-likeness (QED) is 0.828. The highest BCUT2D eigenvalue weighted by Crippen LogP contribution is 2.39. The van der Waals surface area contributed by atoms with Crippen molar-refractivity contribution in [3.05, 3.63) is 17.7 Å². The van der Waals surface area contributed by atoms with E-state index >= 15 is 0 Å². The zero-order valence-electron chi connectivity index (χ0n) is 10.9. The van der Waals surface area contributed by atoms with Gasteiger partial charge in [0.15, 0.2) is 11.5 Å². The molecule has 0 aromatic heterocycles. The maximum Gasteiger partial charge on any atom is 0.200 e. The predicted molar refractivity (Wildman–Crippen MR) is 67.6 cm³/mol. The third kappa shape index (κ3) is 2.82. The average molecular weight is 239 g/mol. The molecule has 0 fully saturated rings. The summed E-state index contributed by atoms with van der Waals surface area (Å²) in [7, 11) is 3.01. The monoisotopic (exact) mass is 239 g/mol. The van der Waals surface area contributed by atoms with E-state index in [-0.39, 0.29) is 11.8 Å². The Hall–Kier alpha value is -1.42. The topological polar surface area (TPSA) is 64.7 Å². The summed E-state index contributed by atoms with van der Waals surface area (Å²) in [6, 6.07) is 3.42. The molecular formula is C13H21NO3. The molecule has 0 spiro atoms. The molecule has 1 unspecified atom stereocenters. The van der Waals surface area contributed by atoms with Crippen molar-refractivity contribution < 1.29 is 14.6 Å². The first-order valence-corrected chi connectivity index (χ1v) is 5.75. The maximum absolute atomic E-state index is 9.80. The van der Waals surface area contributed by atoms with E-state index in [2.05, 4.69) is 13.8 Å². The first kappa shape index (κ1) is 13.6. The van der Waals surface area contributed by atoms with Crippen LogP contribution in [0, 0.1) is 5.92 Å². The van der Waals surface area contributed by atoms with Gasteiger partial charge >= 0.3 is 0 Å². The Morgan fingerprint density at radius 3 is 2.06 bits per heavy atom. The van der Waals surface area contributed by atoms with E-state index in [1.807, 2.05) is 0 Å². The Bertz CT molecular complexity index is 354. The summed E-state index contributed by atoms with van der Waals surface area (Å²) in [6.07, 6.45) is 0.993. The second-order valence-electron chi connectivity index (χ2n) is 4.19. The van der Waals surface area contributed by atoms with Crippen molar-refractivity contribution in [3.63, 3.8) is 0 Å². The number of aromatic hydroxyl groups is 1. The molecule has 0 amide bonds. The SMILES string of the molecule is CCC(C)[C@H](N)c1cc(OC)c(O)c(OC)c1. The van der Waals surface area contributed by atoms with Crippen molar-refractivity contribution in [2.45, 2.75) is 26.3 Å². The van der Waals surface area contributed by atoms with Gasteiger partial charge < -0.3 is 20.3 Å². The lowest BCUT2D eigenvalue weighted by Crippen LogP contribution is -2.18. The molecule has 1 aromatic carbocycles. The van der Waals surface area contributed by atoms with E-state index in [0.29, 0.717) is 17.4 Å². The van der Waals surface area contributed by atoms with Crippen molar-refractivity contribution in [1.82, 2.24) is 0 Å². The molecule has 0 radical (unpaired) electrons. The molecule has 4 nitrogen and oxygen atoms in total. The zero-order chi connectivity index (χ0) is 13.0. The number of hydrogen-bond acceptors (Lipinski definition) is 4. The molecule has 0 saturated heterocycles. The van der Waals surface area contributed by atoms with Gasteiger partial charge in [0.1, 0.15) is 0 Å². The summed E-state index contributed by atoms with van der Waals surface area (Å²) in [4.78, 5) is 0. The molecule has 0 bridgehead atoms. The van der Waals surface area contributed by atoms with Gasteiger partial charge in [-0.25, -0.2) is 0 Å². The van der Waals surface area contributed by atoms with E-state index in [1.165, 1.54) is 14.2 Å². The molecule has 0 aliphatic carbocycles. The zero-order valence-corrected chi connectivity index (χ0v) is 10.9. The van der Waals surface area contributed by atoms with Gasteiger partial charge in [-0.3, -0.25) is 0 Å². The second-order valence-corrected chi connectivity index (χ2v) is 4.19. The molecule has 0 aliphatic rings. The van der Waals surface area contributed by atoms with Crippen molar-refractivity contribution >= 4 is 0 Å². The molecule has 1 rings (SSSR count). The lowest BCUT2D eigenvalue weighted by atomic mass is 9.93. The summed E-state index contributed by atoms with van der Waals surface area (Å²) in [5.41, 5.74) is 7.06. The number of hydrogen-bond donors (Lipinski definition) is 2. The Kier molecular flexibility index (Phi) is 4.63. The third-order valence-corrected chi connectivity index (χ3v) is 3.14. The van der Waals surface area contributed by atoms with Crippen LogP contribution in [0.2, 0.25) is 0 Å². The highest BCUT2D eigenvalue weighted by atomic mass is 16.5. The molecule has 1 aromatic rings. The Labute approximate surface area is 102 Å². The normalized spacial score (nSPS) is 14.2. The van der Waals surface area contributed by atoms with E-state index < -0.39 is 0 Å². The summed E-state index contributed by atoms with van der Waals surface area (Å²) in [6.45, 7) is 4.19. The van der Waals surface area contributed by atoms with Crippen LogP contribution in [0.15, 0.2) is 12.1 Å². The van der Waals surface area contributed by atoms with Crippen LogP contribution < -0.4 is 15.2 Å². The molecule has 2 atom stereocenters. The molecule has 0 aliphatic heterocycles. The van der Waals surface area contributed by atoms with Crippen LogP contribution in [-0.2, 0) is 0 Å². The Balaban J connectivity index is 3.17. The maximum atomic E-state index is 9.80. The molecule has 3 N–H and O–H groups in total. The Morgan fingerprint density at radius 2 is 1.71 bits per heavy atom. The lowest BCUT2D eigenvalue weighted by Gasteiger charge is -2.20. The first-order valence-electron chi connectivity index (χ1n) is 5.75. The number of rotatable bonds is 5. The largest absolute Gasteiger partial charge is 0.502 e. The Morgan fingerprint density at radius 1 is 1.24 bits per heavy atom. The smallest absolute Gasteiger partial charge is 0.200 e. The van der Waals surface area contributed by atoms with Gasteiger partial charge in [0.2, 0.25) is 5.75 Å². The van der Waals surface area contributed by atoms with Crippen molar-refractivity contribution in [2.75, 3.05) is 14.2 Å². The van der Waals surface area contributed by atoms with E-state index in [0.717, 1.165) is 12.0 Å². The van der Waals surface area contributed by atoms with Crippen molar-refractivity contribution in [1.29, 1.82) is 0 Å². The lowest BCUT2D eigenvalue weighted by molar-refractivity contribution is 0.337. The first-order chi connectivity index (χ1) is 8.04. The summed E-state index contributed by atoms with van der Waals surface area (Å²) < 4.78 is 10.2. The number of nitrogens with two attached hydrogens (primary N) is 1. The molecule has 0 saturated carbocycles. The van der Waals surface area contributed by atoms with Gasteiger partial charge in [-0.2, -0.15) is 0 Å². The standard InChI is InChI=1S/C13H21NO3/c1-5-8(2)12(14)9-6-10(16-3)13(15)11(7-9)17-4/h6-8,12,15H,5,14H2,1-4H3/t8?,12-/m0/s1. The van der Waals surface area contributed by atoms with Gasteiger partial charge in [-0.05, 0) is 23.6 Å². The fraction of sp³-hybridized carbons (Fsp3) is 0.538. The number of phenols is 1. The minimum Gasteiger partial charge on any atom is -0.502 e. The predicted octanol–water partition coefficient (Wildman–Crippen LogP) is 2.46. The fourth-order valence-electron chi connectivity index (χ4n) is 1.69. The summed E-state index contributed by atoms with van der Waals surface area (Å²) in [5.74, 6) is 1.14. The molecular weight excluding hydrogens is 218 g/mol. The van der Waals surface area contributed by atoms with Crippen LogP contribution >= 0.6 is 0 Å². The van der Waals surface area contributed by atoms with Crippen LogP contribution in [0.3, 0.4) is 0 Å². The van der Waals surface area contributed by atoms with E-state index in [9.17, 15) is 5.11 Å². The fourth-order valence-corrected chi connectivity index (χ4v) is 1.69. The molecule has 0 heterocycles. The van der Waals surface area contributed by atoms with Crippen molar-refractivity contribution in [3.8, 4) is 17.2 Å². The van der Waals surface area contributed by atoms with Crippen LogP contribution in [0.1, 0.15) is 31.9 Å². The van der Waals surface area contributed by atoms with E-state index in [4.69, 9.17) is 15.2 Å². The van der Waals surface area contributed by atoms with Gasteiger partial charge in [0, 0.05) is 6.04 Å². The van der Waals surface area contributed by atoms with Crippen LogP contribution in [-0.4, -0.2) is 19.3 Å². The molecule has 96 valence electrons. The molecule has 17 heavy (non-hydrogen) atoms. The highest BCUT2D eigenvalue weighted by molar-refractivity contribution is 5.53. The number of phenolic OH excluding ortho intramolecular Hbond substituents is 1. The van der Waals surface area contributed by atoms with Gasteiger partial charge in [0.05, 0.1) is 14.2 Å². The van der Waals surface area contributed by atoms with Crippen molar-refractivity contribution in [2.24, 2.45) is 11.7 Å². The highest BCUT2D eigenvalue weighted by Gasteiger charge is 2.18. The van der Waals surface area contributed by atoms with Crippen LogP contribution in [0.4, 0.5) is 0 Å². The molecule has 4 heteroatoms. The van der Waals surface area contributed by atoms with Gasteiger partial charge in [-0.1, -0.05) is 20.3 Å². The average Bonchev–Trinajstić information content (AvgIpc) is 2.37. The minimum absolute atomic E-state index is 0.00935. The summed E-state index contributed by atoms with van der Waals surface area (Å²) in [5, 5.41) is 9.80. The van der Waals surface area contributed by atoms with Crippen LogP contribution in [0.25, 0.3) is 0 Å². The third-order valence-electron chi connectivity index (χ3n) is 3.14. The number of ether oxygens (including phenoxy) is 2. The van der Waals surface area contributed by atoms with Gasteiger partial charge in [-0.15, -0.1) is 0 Å². The number of methoxy groups -OCH3 is 2. The second kappa shape index (κ2) is 5.77. The van der Waals surface area contributed by atoms with Gasteiger partial charge in [0.25, 0.3) is 0 Å². The minimum atomic E-state index is -0.0941. The number of benzene rings is 1. The van der Waals surface area contributed by atoms with E-state index in [1.54, 1.807) is 12.1 Å².